The number of carbonyl (C=O) groups is 1. The van der Waals surface area contributed by atoms with E-state index < -0.39 is 4.92 Å². The number of nitrogens with one attached hydrogen (secondary N) is 1. The minimum atomic E-state index is -0.477. The third-order valence-corrected chi connectivity index (χ3v) is 4.25. The predicted octanol–water partition coefficient (Wildman–Crippen LogP) is 3.47. The highest BCUT2D eigenvalue weighted by Crippen LogP contribution is 2.31. The monoisotopic (exact) mass is 314 g/mol. The number of nitrogens with zero attached hydrogens (tertiary/aromatic N) is 3. The third-order valence-electron chi connectivity index (χ3n) is 4.25. The molecule has 7 nitrogen and oxygen atoms in total. The molecular weight excluding hydrogens is 296 g/mol. The van der Waals surface area contributed by atoms with Crippen LogP contribution in [0.2, 0.25) is 0 Å². The molecule has 0 bridgehead atoms. The molecule has 1 heterocycles. The number of aromatic nitrogens is 2. The molecule has 0 spiro atoms. The van der Waals surface area contributed by atoms with Crippen LogP contribution in [0.4, 0.5) is 11.5 Å². The summed E-state index contributed by atoms with van der Waals surface area (Å²) < 4.78 is 1.84. The van der Waals surface area contributed by atoms with Gasteiger partial charge in [0.1, 0.15) is 5.82 Å². The smallest absolute Gasteiger partial charge is 0.273 e. The van der Waals surface area contributed by atoms with Crippen LogP contribution in [0.1, 0.15) is 47.6 Å². The van der Waals surface area contributed by atoms with Crippen molar-refractivity contribution < 1.29 is 9.72 Å². The quantitative estimate of drug-likeness (QED) is 0.691. The Morgan fingerprint density at radius 1 is 1.35 bits per heavy atom. The summed E-state index contributed by atoms with van der Waals surface area (Å²) in [7, 11) is 0. The van der Waals surface area contributed by atoms with E-state index in [1.807, 2.05) is 4.68 Å². The van der Waals surface area contributed by atoms with E-state index in [4.69, 9.17) is 0 Å². The molecule has 1 saturated carbocycles. The second-order valence-corrected chi connectivity index (χ2v) is 5.81. The largest absolute Gasteiger partial charge is 0.307 e. The summed E-state index contributed by atoms with van der Waals surface area (Å²) in [4.78, 5) is 22.9. The number of hydrogen-bond donors (Lipinski definition) is 1. The fourth-order valence-corrected chi connectivity index (χ4v) is 2.99. The maximum Gasteiger partial charge on any atom is 0.273 e. The molecule has 0 radical (unpaired) electrons. The summed E-state index contributed by atoms with van der Waals surface area (Å²) in [6.07, 6.45) is 6.11. The highest BCUT2D eigenvalue weighted by atomic mass is 16.6. The van der Waals surface area contributed by atoms with Crippen LogP contribution in [0.15, 0.2) is 30.5 Å². The van der Waals surface area contributed by atoms with Crippen molar-refractivity contribution in [3.05, 3.63) is 51.7 Å². The van der Waals surface area contributed by atoms with Crippen LogP contribution >= 0.6 is 0 Å². The minimum Gasteiger partial charge on any atom is -0.307 e. The Kier molecular flexibility index (Phi) is 4.10. The number of rotatable bonds is 4. The number of hydrogen-bond acceptors (Lipinski definition) is 4. The van der Waals surface area contributed by atoms with Crippen molar-refractivity contribution >= 4 is 17.4 Å². The molecular formula is C16H18N4O3. The van der Waals surface area contributed by atoms with Crippen LogP contribution in [0.3, 0.4) is 0 Å². The minimum absolute atomic E-state index is 0.0537. The number of benzene rings is 1. The van der Waals surface area contributed by atoms with Gasteiger partial charge >= 0.3 is 0 Å². The number of nitro groups is 1. The summed E-state index contributed by atoms with van der Waals surface area (Å²) in [5.41, 5.74) is 0.742. The van der Waals surface area contributed by atoms with Crippen LogP contribution in [0.25, 0.3) is 0 Å². The van der Waals surface area contributed by atoms with E-state index in [1.54, 1.807) is 31.3 Å². The Morgan fingerprint density at radius 3 is 2.78 bits per heavy atom. The first-order valence-corrected chi connectivity index (χ1v) is 7.66. The van der Waals surface area contributed by atoms with Crippen molar-refractivity contribution in [2.75, 3.05) is 5.32 Å². The van der Waals surface area contributed by atoms with Crippen LogP contribution in [-0.4, -0.2) is 20.6 Å². The van der Waals surface area contributed by atoms with Gasteiger partial charge in [-0.15, -0.1) is 0 Å². The molecule has 1 amide bonds. The Hall–Kier alpha value is -2.70. The van der Waals surface area contributed by atoms with Gasteiger partial charge in [0.25, 0.3) is 11.6 Å². The Bertz CT molecular complexity index is 748. The zero-order valence-electron chi connectivity index (χ0n) is 12.9. The van der Waals surface area contributed by atoms with Crippen molar-refractivity contribution in [1.82, 2.24) is 9.78 Å². The first-order valence-electron chi connectivity index (χ1n) is 7.66. The van der Waals surface area contributed by atoms with Gasteiger partial charge in [-0.1, -0.05) is 18.9 Å². The van der Waals surface area contributed by atoms with Gasteiger partial charge < -0.3 is 5.32 Å². The van der Waals surface area contributed by atoms with Crippen molar-refractivity contribution in [3.8, 4) is 0 Å². The fourth-order valence-electron chi connectivity index (χ4n) is 2.99. The van der Waals surface area contributed by atoms with Gasteiger partial charge in [0.2, 0.25) is 0 Å². The number of nitro benzene ring substituents is 1. The first kappa shape index (κ1) is 15.2. The molecule has 1 aromatic carbocycles. The first-order chi connectivity index (χ1) is 11.1. The standard InChI is InChI=1S/C16H18N4O3/c1-11-6-7-12(10-14(11)20(22)23)16(21)18-15-8-9-17-19(15)13-4-2-3-5-13/h6-10,13H,2-5H2,1H3,(H,18,21). The number of aryl methyl sites for hydroxylation is 1. The normalized spacial score (nSPS) is 14.8. The van der Waals surface area contributed by atoms with E-state index in [0.29, 0.717) is 17.4 Å². The zero-order chi connectivity index (χ0) is 16.4. The molecule has 0 unspecified atom stereocenters. The van der Waals surface area contributed by atoms with Crippen molar-refractivity contribution in [1.29, 1.82) is 0 Å². The average Bonchev–Trinajstić information content (AvgIpc) is 3.17. The van der Waals surface area contributed by atoms with Gasteiger partial charge in [-0.2, -0.15) is 5.10 Å². The van der Waals surface area contributed by atoms with Gasteiger partial charge in [-0.3, -0.25) is 14.9 Å². The molecule has 0 aliphatic heterocycles. The topological polar surface area (TPSA) is 90.1 Å². The van der Waals surface area contributed by atoms with E-state index in [-0.39, 0.29) is 17.2 Å². The fraction of sp³-hybridized carbons (Fsp3) is 0.375. The summed E-state index contributed by atoms with van der Waals surface area (Å²) in [6, 6.07) is 6.54. The zero-order valence-corrected chi connectivity index (χ0v) is 12.9. The highest BCUT2D eigenvalue weighted by Gasteiger charge is 2.21. The van der Waals surface area contributed by atoms with E-state index in [0.717, 1.165) is 12.8 Å². The molecule has 1 aromatic heterocycles. The lowest BCUT2D eigenvalue weighted by Gasteiger charge is -2.14. The Balaban J connectivity index is 1.81. The summed E-state index contributed by atoms with van der Waals surface area (Å²) in [5, 5.41) is 18.1. The van der Waals surface area contributed by atoms with Gasteiger partial charge in [0.15, 0.2) is 0 Å². The molecule has 1 aliphatic carbocycles. The van der Waals surface area contributed by atoms with Gasteiger partial charge in [-0.05, 0) is 25.8 Å². The van der Waals surface area contributed by atoms with Gasteiger partial charge in [0, 0.05) is 23.3 Å². The van der Waals surface area contributed by atoms with Gasteiger partial charge in [0.05, 0.1) is 17.2 Å². The second kappa shape index (κ2) is 6.20. The van der Waals surface area contributed by atoms with Crippen molar-refractivity contribution in [2.24, 2.45) is 0 Å². The molecule has 7 heteroatoms. The summed E-state index contributed by atoms with van der Waals surface area (Å²) >= 11 is 0. The molecule has 120 valence electrons. The number of carbonyl (C=O) groups excluding carboxylic acids is 1. The maximum absolute atomic E-state index is 12.4. The number of anilines is 1. The Morgan fingerprint density at radius 2 is 2.09 bits per heavy atom. The van der Waals surface area contributed by atoms with Crippen molar-refractivity contribution in [3.63, 3.8) is 0 Å². The molecule has 23 heavy (non-hydrogen) atoms. The molecule has 1 fully saturated rings. The maximum atomic E-state index is 12.4. The predicted molar refractivity (Wildman–Crippen MR) is 85.5 cm³/mol. The molecule has 0 atom stereocenters. The molecule has 1 N–H and O–H groups in total. The molecule has 0 saturated heterocycles. The number of amides is 1. The van der Waals surface area contributed by atoms with Crippen LogP contribution in [0.5, 0.6) is 0 Å². The SMILES string of the molecule is Cc1ccc(C(=O)Nc2ccnn2C2CCCC2)cc1[N+](=O)[O-]. The lowest BCUT2D eigenvalue weighted by Crippen LogP contribution is -2.17. The second-order valence-electron chi connectivity index (χ2n) is 5.81. The summed E-state index contributed by atoms with van der Waals surface area (Å²) in [6.45, 7) is 1.65. The van der Waals surface area contributed by atoms with Crippen LogP contribution in [-0.2, 0) is 0 Å². The van der Waals surface area contributed by atoms with E-state index in [2.05, 4.69) is 10.4 Å². The lowest BCUT2D eigenvalue weighted by atomic mass is 10.1. The van der Waals surface area contributed by atoms with E-state index in [1.165, 1.54) is 18.9 Å². The van der Waals surface area contributed by atoms with Crippen molar-refractivity contribution in [2.45, 2.75) is 38.6 Å². The average molecular weight is 314 g/mol. The third kappa shape index (κ3) is 3.08. The molecule has 3 rings (SSSR count). The van der Waals surface area contributed by atoms with E-state index in [9.17, 15) is 14.9 Å². The molecule has 2 aromatic rings. The van der Waals surface area contributed by atoms with Crippen LogP contribution < -0.4 is 5.32 Å². The lowest BCUT2D eigenvalue weighted by molar-refractivity contribution is -0.385. The molecule has 1 aliphatic rings. The van der Waals surface area contributed by atoms with E-state index >= 15 is 0 Å². The highest BCUT2D eigenvalue weighted by molar-refractivity contribution is 6.04. The van der Waals surface area contributed by atoms with Crippen LogP contribution in [0, 0.1) is 17.0 Å². The Labute approximate surface area is 133 Å². The van der Waals surface area contributed by atoms with Gasteiger partial charge in [-0.25, -0.2) is 4.68 Å². The summed E-state index contributed by atoms with van der Waals surface area (Å²) in [5.74, 6) is 0.262.